The van der Waals surface area contributed by atoms with E-state index in [1.165, 1.54) is 0 Å². The average Bonchev–Trinajstić information content (AvgIpc) is 3.29. The number of aromatic amines is 1. The summed E-state index contributed by atoms with van der Waals surface area (Å²) in [5.41, 5.74) is 4.54. The number of amides is 2. The number of benzene rings is 1. The zero-order valence-electron chi connectivity index (χ0n) is 36.4. The van der Waals surface area contributed by atoms with Crippen LogP contribution in [-0.4, -0.2) is 99.8 Å². The molecule has 2 amide bonds. The molecule has 8 rings (SSSR count). The number of hydrogen-bond acceptors (Lipinski definition) is 12. The van der Waals surface area contributed by atoms with Crippen molar-refractivity contribution in [2.75, 3.05) is 55.6 Å². The molecule has 0 bridgehead atoms. The van der Waals surface area contributed by atoms with Gasteiger partial charge < -0.3 is 30.2 Å². The van der Waals surface area contributed by atoms with E-state index in [9.17, 15) is 19.6 Å². The summed E-state index contributed by atoms with van der Waals surface area (Å²) in [4.78, 5) is 57.7. The van der Waals surface area contributed by atoms with Gasteiger partial charge in [0.15, 0.2) is 11.5 Å². The van der Waals surface area contributed by atoms with Gasteiger partial charge in [0.1, 0.15) is 23.6 Å². The van der Waals surface area contributed by atoms with Gasteiger partial charge in [-0.05, 0) is 79.3 Å². The van der Waals surface area contributed by atoms with Crippen LogP contribution in [0.3, 0.4) is 0 Å². The Balaban J connectivity index is 0.754. The fraction of sp³-hybridized carbons (Fsp3) is 0.447. The number of nitriles is 1. The Labute approximate surface area is 372 Å². The third kappa shape index (κ3) is 9.19. The number of anilines is 2. The van der Waals surface area contributed by atoms with Gasteiger partial charge >= 0.3 is 0 Å². The third-order valence-corrected chi connectivity index (χ3v) is 13.4. The largest absolute Gasteiger partial charge is 0.489 e. The van der Waals surface area contributed by atoms with E-state index in [0.29, 0.717) is 46.7 Å². The van der Waals surface area contributed by atoms with Crippen LogP contribution in [0.5, 0.6) is 5.75 Å². The van der Waals surface area contributed by atoms with Crippen molar-refractivity contribution in [1.29, 1.82) is 5.26 Å². The molecule has 6 heterocycles. The number of aromatic nitrogens is 5. The molecule has 1 aliphatic carbocycles. The molecular weight excluding hydrogens is 818 g/mol. The number of piperidine rings is 1. The maximum absolute atomic E-state index is 13.4. The van der Waals surface area contributed by atoms with Crippen LogP contribution < -0.4 is 30.7 Å². The van der Waals surface area contributed by atoms with Gasteiger partial charge in [-0.25, -0.2) is 4.98 Å². The van der Waals surface area contributed by atoms with Crippen LogP contribution in [0.15, 0.2) is 71.8 Å². The quantitative estimate of drug-likeness (QED) is 0.138. The minimum Gasteiger partial charge on any atom is -0.489 e. The smallest absolute Gasteiger partial charge is 0.272 e. The number of halogens is 1. The highest BCUT2D eigenvalue weighted by Crippen LogP contribution is 2.55. The van der Waals surface area contributed by atoms with Crippen molar-refractivity contribution in [2.24, 2.45) is 16.7 Å². The second kappa shape index (κ2) is 17.9. The molecule has 0 radical (unpaired) electrons. The van der Waals surface area contributed by atoms with Gasteiger partial charge in [0.05, 0.1) is 33.5 Å². The number of carbonyl (C=O) groups is 2. The lowest BCUT2D eigenvalue weighted by molar-refractivity contribution is -0.164. The summed E-state index contributed by atoms with van der Waals surface area (Å²) in [6.07, 6.45) is 5.89. The molecule has 63 heavy (non-hydrogen) atoms. The molecular formula is C47H54ClN11O4. The number of nitrogens with one attached hydrogen (secondary N) is 3. The standard InChI is InChI=1S/C47H54ClN11O4/c1-6-31-22-38-39(53-41(31)60)21-30(26-50-38)28-57-17-19-58(20-18-57)33-8-10-36(51-27-33)42(61)52-25-29-13-15-59(16-14-29)40-12-11-37(55-56-40)43(62)54-44-46(2,3)45(47(44,4)5)63-34-9-7-32(24-49)35(48)23-34/h7-12,21-23,26-27,29,44-45H,6,13-20,25,28H2,1-5H3,(H,52,61)(H,53,60)(H,54,62). The first-order valence-electron chi connectivity index (χ1n) is 21.7. The van der Waals surface area contributed by atoms with E-state index in [4.69, 9.17) is 16.3 Å². The monoisotopic (exact) mass is 871 g/mol. The Bertz CT molecular complexity index is 2560. The Morgan fingerprint density at radius 3 is 2.29 bits per heavy atom. The maximum Gasteiger partial charge on any atom is 0.272 e. The molecule has 0 atom stereocenters. The molecule has 1 saturated carbocycles. The Hall–Kier alpha value is -6.11. The number of pyridine rings is 3. The van der Waals surface area contributed by atoms with E-state index >= 15 is 0 Å². The molecule has 0 spiro atoms. The number of nitrogens with zero attached hydrogens (tertiary/aromatic N) is 8. The predicted octanol–water partition coefficient (Wildman–Crippen LogP) is 5.78. The summed E-state index contributed by atoms with van der Waals surface area (Å²) >= 11 is 6.24. The van der Waals surface area contributed by atoms with Gasteiger partial charge in [-0.15, -0.1) is 10.2 Å². The van der Waals surface area contributed by atoms with Crippen molar-refractivity contribution in [3.63, 3.8) is 0 Å². The molecule has 2 aliphatic heterocycles. The minimum absolute atomic E-state index is 0.0527. The van der Waals surface area contributed by atoms with Gasteiger partial charge in [0.2, 0.25) is 0 Å². The van der Waals surface area contributed by atoms with Crippen molar-refractivity contribution < 1.29 is 14.3 Å². The van der Waals surface area contributed by atoms with Gasteiger partial charge in [0, 0.05) is 87.1 Å². The molecule has 4 aromatic heterocycles. The van der Waals surface area contributed by atoms with Gasteiger partial charge in [-0.3, -0.25) is 24.3 Å². The Morgan fingerprint density at radius 1 is 0.889 bits per heavy atom. The van der Waals surface area contributed by atoms with E-state index in [-0.39, 0.29) is 35.2 Å². The SMILES string of the molecule is CCc1cc2ncc(CN3CCN(c4ccc(C(=O)NCC5CCN(c6ccc(C(=O)NC7C(C)(C)C(Oc8ccc(C#N)c(Cl)c8)C7(C)C)nn6)CC5)nc4)CC3)cc2[nH]c1=O. The van der Waals surface area contributed by atoms with Crippen LogP contribution in [0, 0.1) is 28.1 Å². The molecule has 328 valence electrons. The second-order valence-electron chi connectivity index (χ2n) is 18.1. The zero-order valence-corrected chi connectivity index (χ0v) is 37.2. The fourth-order valence-corrected chi connectivity index (χ4v) is 9.97. The molecule has 0 unspecified atom stereocenters. The van der Waals surface area contributed by atoms with Gasteiger partial charge in [0.25, 0.3) is 17.4 Å². The van der Waals surface area contributed by atoms with Crippen LogP contribution in [0.1, 0.15) is 85.1 Å². The summed E-state index contributed by atoms with van der Waals surface area (Å²) < 4.78 is 6.36. The molecule has 5 aromatic rings. The molecule has 2 saturated heterocycles. The van der Waals surface area contributed by atoms with Crippen molar-refractivity contribution in [1.82, 2.24) is 40.7 Å². The van der Waals surface area contributed by atoms with Crippen LogP contribution in [0.25, 0.3) is 11.0 Å². The first-order valence-corrected chi connectivity index (χ1v) is 22.1. The molecule has 3 N–H and O–H groups in total. The van der Waals surface area contributed by atoms with E-state index in [0.717, 1.165) is 86.5 Å². The number of ether oxygens (including phenoxy) is 1. The number of carbonyl (C=O) groups excluding carboxylic acids is 2. The summed E-state index contributed by atoms with van der Waals surface area (Å²) in [6, 6.07) is 18.1. The summed E-state index contributed by atoms with van der Waals surface area (Å²) in [5.74, 6) is 1.13. The lowest BCUT2D eigenvalue weighted by atomic mass is 9.49. The number of aryl methyl sites for hydroxylation is 1. The topological polar surface area (TPSA) is 185 Å². The molecule has 15 nitrogen and oxygen atoms in total. The minimum atomic E-state index is -0.403. The van der Waals surface area contributed by atoms with Crippen LogP contribution in [0.4, 0.5) is 11.5 Å². The van der Waals surface area contributed by atoms with Crippen molar-refractivity contribution in [3.05, 3.63) is 110 Å². The van der Waals surface area contributed by atoms with E-state index in [2.05, 4.69) is 84.2 Å². The second-order valence-corrected chi connectivity index (χ2v) is 18.5. The number of H-pyrrole nitrogens is 1. The number of piperazine rings is 1. The highest BCUT2D eigenvalue weighted by atomic mass is 35.5. The molecule has 1 aromatic carbocycles. The molecule has 3 fully saturated rings. The van der Waals surface area contributed by atoms with Crippen LogP contribution >= 0.6 is 11.6 Å². The Kier molecular flexibility index (Phi) is 12.4. The number of fused-ring (bicyclic) bond motifs is 1. The number of rotatable bonds is 12. The predicted molar refractivity (Wildman–Crippen MR) is 242 cm³/mol. The molecule has 3 aliphatic rings. The third-order valence-electron chi connectivity index (χ3n) is 13.1. The highest BCUT2D eigenvalue weighted by molar-refractivity contribution is 6.31. The first-order chi connectivity index (χ1) is 30.2. The lowest BCUT2D eigenvalue weighted by Crippen LogP contribution is -2.74. The van der Waals surface area contributed by atoms with E-state index < -0.39 is 10.8 Å². The summed E-state index contributed by atoms with van der Waals surface area (Å²) in [5, 5.41) is 24.5. The van der Waals surface area contributed by atoms with Crippen molar-refractivity contribution in [3.8, 4) is 11.8 Å². The average molecular weight is 872 g/mol. The number of hydrogen-bond donors (Lipinski definition) is 3. The normalized spacial score (nSPS) is 19.8. The van der Waals surface area contributed by atoms with Crippen LogP contribution in [-0.2, 0) is 13.0 Å². The zero-order chi connectivity index (χ0) is 44.5. The maximum atomic E-state index is 13.4. The Morgan fingerprint density at radius 2 is 1.63 bits per heavy atom. The van der Waals surface area contributed by atoms with Gasteiger partial charge in [-0.1, -0.05) is 46.2 Å². The summed E-state index contributed by atoms with van der Waals surface area (Å²) in [6.45, 7) is 16.5. The highest BCUT2D eigenvalue weighted by Gasteiger charge is 2.64. The summed E-state index contributed by atoms with van der Waals surface area (Å²) in [7, 11) is 0. The molecule has 16 heteroatoms. The van der Waals surface area contributed by atoms with Gasteiger partial charge in [-0.2, -0.15) is 5.26 Å². The first kappa shape index (κ1) is 43.5. The van der Waals surface area contributed by atoms with Crippen LogP contribution in [0.2, 0.25) is 5.02 Å². The van der Waals surface area contributed by atoms with E-state index in [1.807, 2.05) is 37.4 Å². The lowest BCUT2D eigenvalue weighted by Gasteiger charge is -2.63. The van der Waals surface area contributed by atoms with Crippen molar-refractivity contribution in [2.45, 2.75) is 72.6 Å². The van der Waals surface area contributed by atoms with Crippen molar-refractivity contribution >= 4 is 46.0 Å². The fourth-order valence-electron chi connectivity index (χ4n) is 9.76. The van der Waals surface area contributed by atoms with E-state index in [1.54, 1.807) is 36.5 Å².